The maximum Gasteiger partial charge on any atom is 0.178 e. The van der Waals surface area contributed by atoms with Crippen molar-refractivity contribution in [2.24, 2.45) is 7.05 Å². The summed E-state index contributed by atoms with van der Waals surface area (Å²) in [5.74, 6) is 1.39. The van der Waals surface area contributed by atoms with Crippen LogP contribution in [0.5, 0.6) is 5.75 Å². The third-order valence-corrected chi connectivity index (χ3v) is 5.41. The maximum atomic E-state index is 5.38. The van der Waals surface area contributed by atoms with E-state index in [4.69, 9.17) is 14.7 Å². The molecule has 6 rings (SSSR count). The van der Waals surface area contributed by atoms with Crippen LogP contribution in [0.25, 0.3) is 56.1 Å². The Bertz CT molecular complexity index is 1590. The molecular formula is C23H18N8O. The molecule has 0 saturated carbocycles. The molecule has 0 radical (unpaired) electrons. The summed E-state index contributed by atoms with van der Waals surface area (Å²) in [6.45, 7) is 0. The molecule has 0 unspecified atom stereocenters. The Morgan fingerprint density at radius 3 is 2.81 bits per heavy atom. The fraction of sp³-hybridized carbons (Fsp3) is 0.0870. The second kappa shape index (κ2) is 7.02. The minimum absolute atomic E-state index is 0.602. The van der Waals surface area contributed by atoms with Gasteiger partial charge in [0, 0.05) is 30.6 Å². The first-order valence-electron chi connectivity index (χ1n) is 10.0. The summed E-state index contributed by atoms with van der Waals surface area (Å²) in [5.41, 5.74) is 7.39. The quantitative estimate of drug-likeness (QED) is 0.445. The van der Waals surface area contributed by atoms with Crippen LogP contribution >= 0.6 is 0 Å². The number of fused-ring (bicyclic) bond motifs is 2. The van der Waals surface area contributed by atoms with Gasteiger partial charge in [-0.05, 0) is 35.9 Å². The molecule has 9 heteroatoms. The van der Waals surface area contributed by atoms with Crippen molar-refractivity contribution >= 4 is 22.2 Å². The monoisotopic (exact) mass is 422 g/mol. The highest BCUT2D eigenvalue weighted by atomic mass is 16.5. The predicted octanol–water partition coefficient (Wildman–Crippen LogP) is 3.97. The molecular weight excluding hydrogens is 404 g/mol. The van der Waals surface area contributed by atoms with Crippen molar-refractivity contribution < 1.29 is 4.74 Å². The molecule has 0 fully saturated rings. The van der Waals surface area contributed by atoms with Gasteiger partial charge in [0.2, 0.25) is 0 Å². The first-order valence-corrected chi connectivity index (χ1v) is 10.0. The lowest BCUT2D eigenvalue weighted by Crippen LogP contribution is -1.87. The number of hydrogen-bond donors (Lipinski definition) is 2. The van der Waals surface area contributed by atoms with Gasteiger partial charge in [0.1, 0.15) is 11.3 Å². The molecule has 0 spiro atoms. The van der Waals surface area contributed by atoms with E-state index in [1.165, 1.54) is 0 Å². The third kappa shape index (κ3) is 2.90. The van der Waals surface area contributed by atoms with Crippen LogP contribution < -0.4 is 4.74 Å². The van der Waals surface area contributed by atoms with E-state index in [9.17, 15) is 0 Å². The molecule has 6 aromatic rings. The minimum atomic E-state index is 0.602. The van der Waals surface area contributed by atoms with Crippen LogP contribution in [0.2, 0.25) is 0 Å². The number of nitrogens with zero attached hydrogens (tertiary/aromatic N) is 6. The van der Waals surface area contributed by atoms with Gasteiger partial charge >= 0.3 is 0 Å². The molecule has 0 amide bonds. The number of benzene rings is 1. The Labute approximate surface area is 182 Å². The Hall–Kier alpha value is -4.53. The largest absolute Gasteiger partial charge is 0.497 e. The van der Waals surface area contributed by atoms with Crippen LogP contribution in [0.15, 0.2) is 61.1 Å². The molecule has 0 aliphatic rings. The van der Waals surface area contributed by atoms with E-state index < -0.39 is 0 Å². The van der Waals surface area contributed by atoms with Gasteiger partial charge in [-0.15, -0.1) is 0 Å². The van der Waals surface area contributed by atoms with E-state index in [0.29, 0.717) is 17.2 Å². The van der Waals surface area contributed by atoms with Gasteiger partial charge in [-0.25, -0.2) is 15.0 Å². The molecule has 1 aromatic carbocycles. The lowest BCUT2D eigenvalue weighted by atomic mass is 10.1. The number of imidazole rings is 1. The van der Waals surface area contributed by atoms with E-state index in [2.05, 4.69) is 25.3 Å². The van der Waals surface area contributed by atoms with Crippen LogP contribution in [-0.4, -0.2) is 47.0 Å². The van der Waals surface area contributed by atoms with Gasteiger partial charge in [0.25, 0.3) is 0 Å². The Morgan fingerprint density at radius 2 is 1.97 bits per heavy atom. The zero-order chi connectivity index (χ0) is 21.7. The zero-order valence-electron chi connectivity index (χ0n) is 17.4. The smallest absolute Gasteiger partial charge is 0.178 e. The third-order valence-electron chi connectivity index (χ3n) is 5.41. The summed E-state index contributed by atoms with van der Waals surface area (Å²) in [6, 6.07) is 13.8. The fourth-order valence-corrected chi connectivity index (χ4v) is 3.83. The molecule has 0 aliphatic carbocycles. The van der Waals surface area contributed by atoms with Gasteiger partial charge in [-0.2, -0.15) is 10.2 Å². The molecule has 9 nitrogen and oxygen atoms in total. The van der Waals surface area contributed by atoms with Gasteiger partial charge in [-0.1, -0.05) is 12.1 Å². The fourth-order valence-electron chi connectivity index (χ4n) is 3.83. The highest BCUT2D eigenvalue weighted by Gasteiger charge is 2.17. The van der Waals surface area contributed by atoms with Crippen molar-refractivity contribution in [2.45, 2.75) is 0 Å². The molecule has 5 heterocycles. The summed E-state index contributed by atoms with van der Waals surface area (Å²) in [4.78, 5) is 17.4. The summed E-state index contributed by atoms with van der Waals surface area (Å²) in [6.07, 6.45) is 5.47. The van der Waals surface area contributed by atoms with E-state index >= 15 is 0 Å². The van der Waals surface area contributed by atoms with Gasteiger partial charge in [0.05, 0.1) is 30.0 Å². The molecule has 0 aliphatic heterocycles. The number of nitrogens with one attached hydrogen (secondary N) is 2. The summed E-state index contributed by atoms with van der Waals surface area (Å²) in [7, 11) is 3.54. The number of pyridine rings is 2. The van der Waals surface area contributed by atoms with Gasteiger partial charge in [0.15, 0.2) is 17.2 Å². The number of aromatic nitrogens is 8. The average molecular weight is 422 g/mol. The highest BCUT2D eigenvalue weighted by Crippen LogP contribution is 2.32. The van der Waals surface area contributed by atoms with Gasteiger partial charge < -0.3 is 9.72 Å². The van der Waals surface area contributed by atoms with E-state index in [1.807, 2.05) is 55.7 Å². The zero-order valence-corrected chi connectivity index (χ0v) is 17.4. The number of aryl methyl sites for hydroxylation is 1. The number of methoxy groups -OCH3 is 1. The Balaban J connectivity index is 1.50. The Morgan fingerprint density at radius 1 is 1.03 bits per heavy atom. The average Bonchev–Trinajstić information content (AvgIpc) is 3.55. The maximum absolute atomic E-state index is 5.38. The van der Waals surface area contributed by atoms with Crippen molar-refractivity contribution in [3.05, 3.63) is 61.1 Å². The van der Waals surface area contributed by atoms with Crippen molar-refractivity contribution in [1.82, 2.24) is 39.9 Å². The molecule has 0 saturated heterocycles. The first-order chi connectivity index (χ1) is 15.7. The van der Waals surface area contributed by atoms with Crippen LogP contribution in [-0.2, 0) is 7.05 Å². The van der Waals surface area contributed by atoms with Crippen LogP contribution in [0.1, 0.15) is 0 Å². The number of H-pyrrole nitrogens is 2. The lowest BCUT2D eigenvalue weighted by molar-refractivity contribution is 0.415. The molecule has 0 bridgehead atoms. The SMILES string of the molecule is COc1cccc(-c2ccnc3nc(-c4n[nH]c5ccc(-c6cnn(C)c6)nc45)[nH]c23)c1. The summed E-state index contributed by atoms with van der Waals surface area (Å²) >= 11 is 0. The second-order valence-electron chi connectivity index (χ2n) is 7.44. The van der Waals surface area contributed by atoms with Crippen molar-refractivity contribution in [3.63, 3.8) is 0 Å². The van der Waals surface area contributed by atoms with Crippen LogP contribution in [0, 0.1) is 0 Å². The van der Waals surface area contributed by atoms with Crippen molar-refractivity contribution in [1.29, 1.82) is 0 Å². The lowest BCUT2D eigenvalue weighted by Gasteiger charge is -2.05. The van der Waals surface area contributed by atoms with E-state index in [-0.39, 0.29) is 0 Å². The summed E-state index contributed by atoms with van der Waals surface area (Å²) < 4.78 is 7.13. The molecule has 2 N–H and O–H groups in total. The number of rotatable bonds is 4. The van der Waals surface area contributed by atoms with Crippen molar-refractivity contribution in [2.75, 3.05) is 7.11 Å². The van der Waals surface area contributed by atoms with Crippen molar-refractivity contribution in [3.8, 4) is 39.7 Å². The van der Waals surface area contributed by atoms with Crippen LogP contribution in [0.4, 0.5) is 0 Å². The first kappa shape index (κ1) is 18.3. The summed E-state index contributed by atoms with van der Waals surface area (Å²) in [5, 5.41) is 11.8. The molecule has 156 valence electrons. The molecule has 5 aromatic heterocycles. The van der Waals surface area contributed by atoms with E-state index in [0.717, 1.165) is 44.7 Å². The molecule has 32 heavy (non-hydrogen) atoms. The van der Waals surface area contributed by atoms with Gasteiger partial charge in [-0.3, -0.25) is 9.78 Å². The number of aromatic amines is 2. The topological polar surface area (TPSA) is 110 Å². The number of ether oxygens (including phenoxy) is 1. The standard InChI is InChI=1S/C23H18N8O/c1-31-12-14(11-25-31)17-6-7-18-20(26-17)21(30-29-18)23-27-19-16(8-9-24-22(19)28-23)13-4-3-5-15(10-13)32-2/h3-12H,1-2H3,(H,29,30)(H,24,27,28). The highest BCUT2D eigenvalue weighted by molar-refractivity contribution is 5.95. The Kier molecular flexibility index (Phi) is 4.00. The molecule has 0 atom stereocenters. The number of hydrogen-bond acceptors (Lipinski definition) is 6. The normalized spacial score (nSPS) is 11.4. The predicted molar refractivity (Wildman–Crippen MR) is 121 cm³/mol. The second-order valence-corrected chi connectivity index (χ2v) is 7.44. The minimum Gasteiger partial charge on any atom is -0.497 e. The van der Waals surface area contributed by atoms with Crippen LogP contribution in [0.3, 0.4) is 0 Å². The van der Waals surface area contributed by atoms with E-state index in [1.54, 1.807) is 24.2 Å².